The van der Waals surface area contributed by atoms with Crippen molar-refractivity contribution in [1.29, 1.82) is 5.41 Å². The summed E-state index contributed by atoms with van der Waals surface area (Å²) in [4.78, 5) is 0. The Balaban J connectivity index is -0.0000000965. The smallest absolute Gasteiger partial charge is 0.0201 e. The molecule has 0 aliphatic carbocycles. The minimum Gasteiger partial charge on any atom is -0.333 e. The van der Waals surface area contributed by atoms with Crippen LogP contribution in [-0.2, 0) is 0 Å². The fourth-order valence-corrected chi connectivity index (χ4v) is 0. The number of hydrogen-bond donors (Lipinski definition) is 2. The van der Waals surface area contributed by atoms with Crippen LogP contribution in [-0.4, -0.2) is 13.3 Å². The van der Waals surface area contributed by atoms with Gasteiger partial charge in [-0.05, 0) is 33.4 Å². The van der Waals surface area contributed by atoms with Gasteiger partial charge in [0.15, 0.2) is 0 Å². The van der Waals surface area contributed by atoms with E-state index in [1.165, 1.54) is 13.3 Å². The van der Waals surface area contributed by atoms with Gasteiger partial charge < -0.3 is 11.1 Å². The van der Waals surface area contributed by atoms with Crippen molar-refractivity contribution in [3.63, 3.8) is 0 Å². The molecule has 0 atom stereocenters. The van der Waals surface area contributed by atoms with Crippen LogP contribution in [0.25, 0.3) is 0 Å². The molecule has 0 aliphatic rings. The first kappa shape index (κ1) is 16.6. The van der Waals surface area contributed by atoms with Crippen molar-refractivity contribution < 1.29 is 0 Å². The third kappa shape index (κ3) is 103. The van der Waals surface area contributed by atoms with Gasteiger partial charge in [-0.3, -0.25) is 0 Å². The van der Waals surface area contributed by atoms with E-state index in [0.717, 1.165) is 5.57 Å². The minimum atomic E-state index is 0.796. The van der Waals surface area contributed by atoms with Crippen LogP contribution in [0.5, 0.6) is 0 Å². The van der Waals surface area contributed by atoms with Gasteiger partial charge in [0.25, 0.3) is 0 Å². The highest BCUT2D eigenvalue weighted by atomic mass is 14.4. The van der Waals surface area contributed by atoms with Crippen molar-refractivity contribution in [1.82, 2.24) is 0 Å². The number of nitrogens with one attached hydrogen (secondary N) is 1. The number of nitrogens with two attached hydrogens (primary N) is 1. The number of hydrogen-bond acceptors (Lipinski definition) is 2. The van der Waals surface area contributed by atoms with Crippen LogP contribution in [0.1, 0.15) is 20.8 Å². The lowest BCUT2D eigenvalue weighted by Crippen LogP contribution is -1.69. The van der Waals surface area contributed by atoms with E-state index >= 15 is 0 Å². The van der Waals surface area contributed by atoms with Crippen LogP contribution < -0.4 is 5.73 Å². The first-order valence-electron chi connectivity index (χ1n) is 3.50. The molecule has 0 bridgehead atoms. The van der Waals surface area contributed by atoms with Gasteiger partial charge in [0, 0.05) is 6.21 Å². The molecule has 0 aromatic heterocycles. The lowest BCUT2D eigenvalue weighted by Gasteiger charge is -1.69. The van der Waals surface area contributed by atoms with Crippen LogP contribution in [0.3, 0.4) is 0 Å². The van der Waals surface area contributed by atoms with Crippen molar-refractivity contribution >= 4 is 6.21 Å². The van der Waals surface area contributed by atoms with Crippen molar-refractivity contribution in [3.05, 3.63) is 24.3 Å². The summed E-state index contributed by atoms with van der Waals surface area (Å²) in [6.45, 7) is 9.22. The van der Waals surface area contributed by atoms with Crippen molar-refractivity contribution in [2.45, 2.75) is 20.8 Å². The van der Waals surface area contributed by atoms with Crippen LogP contribution in [0.2, 0.25) is 0 Å². The predicted molar refractivity (Wildman–Crippen MR) is 54.2 cm³/mol. The first-order chi connectivity index (χ1) is 5.18. The zero-order valence-electron chi connectivity index (χ0n) is 8.02. The maximum Gasteiger partial charge on any atom is 0.0201 e. The van der Waals surface area contributed by atoms with Crippen molar-refractivity contribution in [2.75, 3.05) is 7.05 Å². The second-order valence-corrected chi connectivity index (χ2v) is 1.66. The zero-order chi connectivity index (χ0) is 9.70. The average Bonchev–Trinajstić information content (AvgIpc) is 2.08. The van der Waals surface area contributed by atoms with E-state index in [9.17, 15) is 0 Å². The highest BCUT2D eigenvalue weighted by molar-refractivity contribution is 5.73. The minimum absolute atomic E-state index is 0.796. The molecule has 2 heteroatoms. The number of rotatable bonds is 1. The Labute approximate surface area is 70.3 Å². The van der Waals surface area contributed by atoms with Crippen LogP contribution in [0, 0.1) is 5.41 Å². The summed E-state index contributed by atoms with van der Waals surface area (Å²) in [5.74, 6) is 0. The van der Waals surface area contributed by atoms with Crippen molar-refractivity contribution in [3.8, 4) is 0 Å². The molecule has 0 aromatic carbocycles. The molecule has 3 N–H and O–H groups in total. The molecule has 0 spiro atoms. The van der Waals surface area contributed by atoms with Crippen LogP contribution in [0.4, 0.5) is 0 Å². The lowest BCUT2D eigenvalue weighted by atomic mass is 10.4. The Morgan fingerprint density at radius 2 is 1.45 bits per heavy atom. The molecule has 0 unspecified atom stereocenters. The highest BCUT2D eigenvalue weighted by Gasteiger charge is 1.61. The summed E-state index contributed by atoms with van der Waals surface area (Å²) in [6, 6.07) is 0. The fourth-order valence-electron chi connectivity index (χ4n) is 0. The summed E-state index contributed by atoms with van der Waals surface area (Å²) in [7, 11) is 1.50. The van der Waals surface area contributed by atoms with Gasteiger partial charge in [-0.2, -0.15) is 0 Å². The quantitative estimate of drug-likeness (QED) is 0.444. The molecule has 0 aromatic rings. The molecular formula is C9H20N2. The van der Waals surface area contributed by atoms with Gasteiger partial charge in [-0.15, -0.1) is 0 Å². The standard InChI is InChI=1S/C4H7N.C4H8.CH5N/c1-4(2)3-5;1-3-4-2;1-2/h3,5H,1H2,2H3;3-4H,1-2H3;2H2,1H3/b;4-3+;. The fraction of sp³-hybridized carbons (Fsp3) is 0.444. The Hall–Kier alpha value is -0.890. The summed E-state index contributed by atoms with van der Waals surface area (Å²) in [5, 5.41) is 6.43. The van der Waals surface area contributed by atoms with Gasteiger partial charge in [0.2, 0.25) is 0 Å². The predicted octanol–water partition coefficient (Wildman–Crippen LogP) is 2.37. The second-order valence-electron chi connectivity index (χ2n) is 1.66. The molecule has 0 heterocycles. The van der Waals surface area contributed by atoms with Crippen LogP contribution in [0.15, 0.2) is 24.3 Å². The summed E-state index contributed by atoms with van der Waals surface area (Å²) < 4.78 is 0. The Morgan fingerprint density at radius 1 is 1.27 bits per heavy atom. The Morgan fingerprint density at radius 3 is 1.45 bits per heavy atom. The molecule has 0 radical (unpaired) electrons. The maximum atomic E-state index is 6.43. The molecule has 11 heavy (non-hydrogen) atoms. The van der Waals surface area contributed by atoms with E-state index in [-0.39, 0.29) is 0 Å². The largest absolute Gasteiger partial charge is 0.333 e. The third-order valence-corrected chi connectivity index (χ3v) is 0.580. The Bertz CT molecular complexity index is 100. The molecule has 0 amide bonds. The van der Waals surface area contributed by atoms with Crippen LogP contribution >= 0.6 is 0 Å². The van der Waals surface area contributed by atoms with Crippen molar-refractivity contribution in [2.24, 2.45) is 5.73 Å². The van der Waals surface area contributed by atoms with E-state index < -0.39 is 0 Å². The molecular weight excluding hydrogens is 136 g/mol. The number of allylic oxidation sites excluding steroid dienone is 3. The molecule has 0 fully saturated rings. The van der Waals surface area contributed by atoms with E-state index in [0.29, 0.717) is 0 Å². The first-order valence-corrected chi connectivity index (χ1v) is 3.50. The molecule has 0 saturated carbocycles. The monoisotopic (exact) mass is 156 g/mol. The van der Waals surface area contributed by atoms with Gasteiger partial charge in [-0.25, -0.2) is 0 Å². The zero-order valence-corrected chi connectivity index (χ0v) is 8.02. The van der Waals surface area contributed by atoms with E-state index in [4.69, 9.17) is 5.41 Å². The lowest BCUT2D eigenvalue weighted by molar-refractivity contribution is 1.48. The molecule has 0 saturated heterocycles. The molecule has 66 valence electrons. The van der Waals surface area contributed by atoms with E-state index in [1.54, 1.807) is 6.92 Å². The maximum absolute atomic E-state index is 6.43. The SMILES string of the molecule is C/C=C/C.C=C(C)C=N.CN. The van der Waals surface area contributed by atoms with E-state index in [1.807, 2.05) is 26.0 Å². The molecule has 2 nitrogen and oxygen atoms in total. The normalized spacial score (nSPS) is 7.00. The van der Waals surface area contributed by atoms with Gasteiger partial charge >= 0.3 is 0 Å². The second kappa shape index (κ2) is 22.9. The van der Waals surface area contributed by atoms with Gasteiger partial charge in [0.1, 0.15) is 0 Å². The summed E-state index contributed by atoms with van der Waals surface area (Å²) >= 11 is 0. The van der Waals surface area contributed by atoms with Gasteiger partial charge in [-0.1, -0.05) is 18.7 Å². The molecule has 0 rings (SSSR count). The molecule has 0 aliphatic heterocycles. The Kier molecular flexibility index (Phi) is 34.6. The summed E-state index contributed by atoms with van der Waals surface area (Å²) in [6.07, 6.45) is 5.22. The topological polar surface area (TPSA) is 49.9 Å². The third-order valence-electron chi connectivity index (χ3n) is 0.580. The highest BCUT2D eigenvalue weighted by Crippen LogP contribution is 1.71. The summed E-state index contributed by atoms with van der Waals surface area (Å²) in [5.41, 5.74) is 5.30. The van der Waals surface area contributed by atoms with Gasteiger partial charge in [0.05, 0.1) is 0 Å². The van der Waals surface area contributed by atoms with E-state index in [2.05, 4.69) is 12.3 Å². The average molecular weight is 156 g/mol.